The third-order valence-electron chi connectivity index (χ3n) is 5.51. The van der Waals surface area contributed by atoms with Gasteiger partial charge in [0.25, 0.3) is 11.8 Å². The van der Waals surface area contributed by atoms with Crippen LogP contribution in [0, 0.1) is 0 Å². The van der Waals surface area contributed by atoms with Crippen LogP contribution in [-0.2, 0) is 11.4 Å². The maximum Gasteiger partial charge on any atom is 0.285 e. The van der Waals surface area contributed by atoms with Gasteiger partial charge in [0, 0.05) is 10.6 Å². The van der Waals surface area contributed by atoms with Crippen molar-refractivity contribution in [2.75, 3.05) is 0 Å². The molecule has 4 aromatic carbocycles. The normalized spacial score (nSPS) is 14.5. The number of thiocarbonyl (C=S) groups is 1. The number of benzene rings is 4. The lowest BCUT2D eigenvalue weighted by Crippen LogP contribution is -2.44. The lowest BCUT2D eigenvalue weighted by Gasteiger charge is -2.15. The quantitative estimate of drug-likeness (QED) is 0.224. The van der Waals surface area contributed by atoms with Crippen molar-refractivity contribution in [1.82, 2.24) is 10.4 Å². The number of hydrazine groups is 1. The van der Waals surface area contributed by atoms with E-state index in [1.165, 1.54) is 10.8 Å². The molecule has 4 aromatic rings. The highest BCUT2D eigenvalue weighted by Crippen LogP contribution is 2.32. The summed E-state index contributed by atoms with van der Waals surface area (Å²) in [4.78, 5) is 25.8. The Morgan fingerprint density at radius 1 is 0.972 bits per heavy atom. The van der Waals surface area contributed by atoms with Crippen molar-refractivity contribution >= 4 is 68.6 Å². The Morgan fingerprint density at radius 3 is 2.44 bits per heavy atom. The van der Waals surface area contributed by atoms with E-state index in [-0.39, 0.29) is 10.2 Å². The van der Waals surface area contributed by atoms with Crippen LogP contribution in [0.5, 0.6) is 5.75 Å². The van der Waals surface area contributed by atoms with Crippen LogP contribution in [-0.4, -0.2) is 21.1 Å². The van der Waals surface area contributed by atoms with E-state index < -0.39 is 5.91 Å². The predicted octanol–water partition coefficient (Wildman–Crippen LogP) is 6.62. The third-order valence-corrected chi connectivity index (χ3v) is 7.06. The number of hydrogen-bond acceptors (Lipinski definition) is 5. The van der Waals surface area contributed by atoms with Crippen molar-refractivity contribution in [3.63, 3.8) is 0 Å². The molecule has 8 heteroatoms. The van der Waals surface area contributed by atoms with Gasteiger partial charge in [0.05, 0.1) is 4.91 Å². The lowest BCUT2D eigenvalue weighted by atomic mass is 10.1. The highest BCUT2D eigenvalue weighted by molar-refractivity contribution is 8.26. The molecule has 1 saturated heterocycles. The SMILES string of the molecule is O=C(NN1C(=O)/C(=C/c2ccc(OCc3ccc4ccccc4c3)cc2)SC1=S)c1ccc(Cl)cc1. The first-order valence-electron chi connectivity index (χ1n) is 11.0. The Morgan fingerprint density at radius 2 is 1.69 bits per heavy atom. The van der Waals surface area contributed by atoms with Crippen molar-refractivity contribution in [2.45, 2.75) is 6.61 Å². The second kappa shape index (κ2) is 10.5. The molecule has 1 heterocycles. The van der Waals surface area contributed by atoms with Crippen LogP contribution in [0.4, 0.5) is 0 Å². The van der Waals surface area contributed by atoms with E-state index in [1.807, 2.05) is 36.4 Å². The highest BCUT2D eigenvalue weighted by Gasteiger charge is 2.33. The molecule has 0 unspecified atom stereocenters. The molecule has 178 valence electrons. The summed E-state index contributed by atoms with van der Waals surface area (Å²) >= 11 is 12.3. The molecule has 1 fully saturated rings. The summed E-state index contributed by atoms with van der Waals surface area (Å²) in [5.74, 6) is -0.107. The minimum atomic E-state index is -0.447. The minimum absolute atomic E-state index is 0.254. The second-order valence-electron chi connectivity index (χ2n) is 8.00. The fourth-order valence-corrected chi connectivity index (χ4v) is 4.94. The number of carbonyl (C=O) groups is 2. The summed E-state index contributed by atoms with van der Waals surface area (Å²) in [5.41, 5.74) is 4.84. The monoisotopic (exact) mass is 530 g/mol. The van der Waals surface area contributed by atoms with Crippen LogP contribution in [0.3, 0.4) is 0 Å². The molecule has 0 spiro atoms. The largest absolute Gasteiger partial charge is 0.489 e. The summed E-state index contributed by atoms with van der Waals surface area (Å²) in [6.45, 7) is 0.455. The predicted molar refractivity (Wildman–Crippen MR) is 149 cm³/mol. The van der Waals surface area contributed by atoms with Gasteiger partial charge in [0.2, 0.25) is 0 Å². The standard InChI is InChI=1S/C28H19ClN2O3S2/c29-23-11-9-21(10-12-23)26(32)30-31-27(33)25(36-28(31)35)16-18-6-13-24(14-7-18)34-17-19-5-8-20-3-1-2-4-22(20)15-19/h1-16H,17H2,(H,30,32)/b25-16-. The fourth-order valence-electron chi connectivity index (χ4n) is 3.64. The lowest BCUT2D eigenvalue weighted by molar-refractivity contribution is -0.123. The van der Waals surface area contributed by atoms with Gasteiger partial charge in [-0.15, -0.1) is 0 Å². The first kappa shape index (κ1) is 24.1. The number of nitrogens with one attached hydrogen (secondary N) is 1. The molecular weight excluding hydrogens is 512 g/mol. The highest BCUT2D eigenvalue weighted by atomic mass is 35.5. The van der Waals surface area contributed by atoms with Crippen molar-refractivity contribution in [2.24, 2.45) is 0 Å². The van der Waals surface area contributed by atoms with Gasteiger partial charge in [0.1, 0.15) is 12.4 Å². The van der Waals surface area contributed by atoms with Gasteiger partial charge in [-0.25, -0.2) is 0 Å². The van der Waals surface area contributed by atoms with E-state index in [4.69, 9.17) is 28.6 Å². The zero-order valence-corrected chi connectivity index (χ0v) is 21.2. The molecule has 0 radical (unpaired) electrons. The molecular formula is C28H19ClN2O3S2. The van der Waals surface area contributed by atoms with Gasteiger partial charge < -0.3 is 4.74 Å². The summed E-state index contributed by atoms with van der Waals surface area (Å²) in [6.07, 6.45) is 1.74. The maximum absolute atomic E-state index is 12.8. The van der Waals surface area contributed by atoms with Crippen molar-refractivity contribution in [3.05, 3.63) is 118 Å². The van der Waals surface area contributed by atoms with Gasteiger partial charge in [-0.1, -0.05) is 71.9 Å². The number of carbonyl (C=O) groups excluding carboxylic acids is 2. The third kappa shape index (κ3) is 5.44. The van der Waals surface area contributed by atoms with E-state index >= 15 is 0 Å². The first-order chi connectivity index (χ1) is 17.5. The average Bonchev–Trinajstić information content (AvgIpc) is 3.15. The van der Waals surface area contributed by atoms with Crippen LogP contribution in [0.15, 0.2) is 95.9 Å². The molecule has 36 heavy (non-hydrogen) atoms. The number of ether oxygens (including phenoxy) is 1. The van der Waals surface area contributed by atoms with E-state index in [2.05, 4.69) is 35.8 Å². The van der Waals surface area contributed by atoms with Gasteiger partial charge in [-0.2, -0.15) is 5.01 Å². The van der Waals surface area contributed by atoms with Gasteiger partial charge in [0.15, 0.2) is 4.32 Å². The van der Waals surface area contributed by atoms with Crippen LogP contribution >= 0.6 is 35.6 Å². The van der Waals surface area contributed by atoms with Crippen LogP contribution in [0.25, 0.3) is 16.8 Å². The van der Waals surface area contributed by atoms with E-state index in [1.54, 1.807) is 30.3 Å². The van der Waals surface area contributed by atoms with Crippen LogP contribution < -0.4 is 10.2 Å². The fraction of sp³-hybridized carbons (Fsp3) is 0.0357. The Hall–Kier alpha value is -3.65. The molecule has 0 aromatic heterocycles. The molecule has 5 rings (SSSR count). The zero-order valence-electron chi connectivity index (χ0n) is 18.8. The number of nitrogens with zero attached hydrogens (tertiary/aromatic N) is 1. The molecule has 1 aliphatic rings. The minimum Gasteiger partial charge on any atom is -0.489 e. The summed E-state index contributed by atoms with van der Waals surface area (Å²) in [6, 6.07) is 28.3. The van der Waals surface area contributed by atoms with Gasteiger partial charge in [-0.3, -0.25) is 15.0 Å². The number of amides is 2. The molecule has 0 aliphatic carbocycles. The molecule has 1 aliphatic heterocycles. The van der Waals surface area contributed by atoms with Gasteiger partial charge >= 0.3 is 0 Å². The Balaban J connectivity index is 1.21. The van der Waals surface area contributed by atoms with Crippen LogP contribution in [0.1, 0.15) is 21.5 Å². The summed E-state index contributed by atoms with van der Waals surface area (Å²) in [5, 5.41) is 3.98. The molecule has 2 amide bonds. The number of rotatable bonds is 6. The molecule has 1 N–H and O–H groups in total. The average molecular weight is 531 g/mol. The number of halogens is 1. The maximum atomic E-state index is 12.8. The number of hydrogen-bond donors (Lipinski definition) is 1. The Bertz CT molecular complexity index is 1500. The number of thioether (sulfide) groups is 1. The van der Waals surface area contributed by atoms with Crippen LogP contribution in [0.2, 0.25) is 5.02 Å². The van der Waals surface area contributed by atoms with Gasteiger partial charge in [-0.05, 0) is 82.7 Å². The first-order valence-corrected chi connectivity index (χ1v) is 12.6. The zero-order chi connectivity index (χ0) is 25.1. The molecule has 0 atom stereocenters. The molecule has 0 bridgehead atoms. The summed E-state index contributed by atoms with van der Waals surface area (Å²) in [7, 11) is 0. The Labute approximate surface area is 222 Å². The summed E-state index contributed by atoms with van der Waals surface area (Å²) < 4.78 is 6.19. The van der Waals surface area contributed by atoms with E-state index in [0.717, 1.165) is 33.6 Å². The number of fused-ring (bicyclic) bond motifs is 1. The Kier molecular flexibility index (Phi) is 7.04. The van der Waals surface area contributed by atoms with E-state index in [0.29, 0.717) is 22.1 Å². The van der Waals surface area contributed by atoms with Crippen molar-refractivity contribution in [3.8, 4) is 5.75 Å². The van der Waals surface area contributed by atoms with Crippen molar-refractivity contribution < 1.29 is 14.3 Å². The van der Waals surface area contributed by atoms with Crippen molar-refractivity contribution in [1.29, 1.82) is 0 Å². The smallest absolute Gasteiger partial charge is 0.285 e. The second-order valence-corrected chi connectivity index (χ2v) is 10.1. The van der Waals surface area contributed by atoms with E-state index in [9.17, 15) is 9.59 Å². The molecule has 5 nitrogen and oxygen atoms in total. The topological polar surface area (TPSA) is 58.6 Å². The molecule has 0 saturated carbocycles.